The maximum atomic E-state index is 4.40. The van der Waals surface area contributed by atoms with Gasteiger partial charge in [-0.05, 0) is 0 Å². The van der Waals surface area contributed by atoms with Gasteiger partial charge in [0.1, 0.15) is 0 Å². The normalized spacial score (nSPS) is 9.53. The van der Waals surface area contributed by atoms with Gasteiger partial charge >= 0.3 is 58.2 Å². The van der Waals surface area contributed by atoms with E-state index in [9.17, 15) is 0 Å². The molecule has 0 N–H and O–H groups in total. The van der Waals surface area contributed by atoms with Crippen LogP contribution in [0.5, 0.6) is 0 Å². The van der Waals surface area contributed by atoms with E-state index in [-0.39, 0.29) is 78.6 Å². The van der Waals surface area contributed by atoms with Gasteiger partial charge in [-0.1, -0.05) is 25.5 Å². The SMILES string of the molecule is CC(C)c1c[c-]c2n[c-]ncc2n1.[Rb+].[Re]. The van der Waals surface area contributed by atoms with Crippen LogP contribution in [0.2, 0.25) is 0 Å². The molecular formula is C10H9N3RbRe-. The predicted molar refractivity (Wildman–Crippen MR) is 49.1 cm³/mol. The van der Waals surface area contributed by atoms with Crippen LogP contribution in [0.3, 0.4) is 0 Å². The molecular weight excluding hydrogens is 434 g/mol. The Labute approximate surface area is 152 Å². The summed E-state index contributed by atoms with van der Waals surface area (Å²) in [4.78, 5) is 12.1. The molecule has 2 heterocycles. The standard InChI is InChI=1S/C10H9N3.Rb.Re/c1-7(2)8-3-4-9-10(13-8)5-11-6-12-9;;/h3,5,7H,1-2H3;;/q-2;+1;. The van der Waals surface area contributed by atoms with Gasteiger partial charge in [-0.15, -0.1) is 17.2 Å². The first kappa shape index (κ1) is 16.0. The molecule has 73 valence electrons. The fourth-order valence-corrected chi connectivity index (χ4v) is 1.08. The summed E-state index contributed by atoms with van der Waals surface area (Å²) >= 11 is 0. The Morgan fingerprint density at radius 3 is 2.73 bits per heavy atom. The second kappa shape index (κ2) is 7.32. The van der Waals surface area contributed by atoms with Crippen LogP contribution in [0.25, 0.3) is 11.0 Å². The third-order valence-electron chi connectivity index (χ3n) is 1.85. The smallest absolute Gasteiger partial charge is 0.402 e. The molecule has 0 atom stereocenters. The third-order valence-corrected chi connectivity index (χ3v) is 1.85. The van der Waals surface area contributed by atoms with Crippen LogP contribution >= 0.6 is 0 Å². The van der Waals surface area contributed by atoms with E-state index in [4.69, 9.17) is 0 Å². The van der Waals surface area contributed by atoms with E-state index in [1.54, 1.807) is 6.20 Å². The molecule has 0 unspecified atom stereocenters. The molecule has 2 aromatic heterocycles. The fraction of sp³-hybridized carbons (Fsp3) is 0.300. The molecule has 1 radical (unpaired) electrons. The Kier molecular flexibility index (Phi) is 7.78. The van der Waals surface area contributed by atoms with Gasteiger partial charge in [0.05, 0.1) is 0 Å². The number of hydrogen-bond donors (Lipinski definition) is 0. The largest absolute Gasteiger partial charge is 1.00 e. The Hall–Kier alpha value is 0.958. The van der Waals surface area contributed by atoms with Crippen molar-refractivity contribution in [1.82, 2.24) is 15.0 Å². The van der Waals surface area contributed by atoms with Gasteiger partial charge in [-0.3, -0.25) is 0 Å². The van der Waals surface area contributed by atoms with Crippen LogP contribution in [0.15, 0.2) is 12.3 Å². The van der Waals surface area contributed by atoms with Crippen LogP contribution in [0, 0.1) is 12.4 Å². The average Bonchev–Trinajstić information content (AvgIpc) is 2.17. The van der Waals surface area contributed by atoms with Crippen molar-refractivity contribution in [2.75, 3.05) is 0 Å². The monoisotopic (exact) mass is 443 g/mol. The van der Waals surface area contributed by atoms with E-state index in [2.05, 4.69) is 41.2 Å². The zero-order chi connectivity index (χ0) is 9.26. The summed E-state index contributed by atoms with van der Waals surface area (Å²) in [6.07, 6.45) is 4.17. The van der Waals surface area contributed by atoms with Gasteiger partial charge in [0.15, 0.2) is 0 Å². The zero-order valence-electron chi connectivity index (χ0n) is 8.95. The Bertz CT molecular complexity index is 434. The number of aromatic nitrogens is 3. The molecule has 15 heavy (non-hydrogen) atoms. The molecule has 2 aromatic rings. The average molecular weight is 443 g/mol. The minimum Gasteiger partial charge on any atom is -0.402 e. The van der Waals surface area contributed by atoms with Gasteiger partial charge in [0.25, 0.3) is 0 Å². The van der Waals surface area contributed by atoms with Crippen LogP contribution in [-0.4, -0.2) is 15.0 Å². The first-order valence-corrected chi connectivity index (χ1v) is 4.19. The summed E-state index contributed by atoms with van der Waals surface area (Å²) in [5.74, 6) is 0.407. The summed E-state index contributed by atoms with van der Waals surface area (Å²) in [5, 5.41) is 0. The van der Waals surface area contributed by atoms with Crippen molar-refractivity contribution in [2.24, 2.45) is 0 Å². The van der Waals surface area contributed by atoms with E-state index < -0.39 is 0 Å². The number of rotatable bonds is 1. The predicted octanol–water partition coefficient (Wildman–Crippen LogP) is -1.25. The molecule has 2 rings (SSSR count). The maximum absolute atomic E-state index is 4.40. The summed E-state index contributed by atoms with van der Waals surface area (Å²) in [6.45, 7) is 4.19. The molecule has 0 aromatic carbocycles. The minimum atomic E-state index is 0. The van der Waals surface area contributed by atoms with Gasteiger partial charge < -0.3 is 15.0 Å². The van der Waals surface area contributed by atoms with Gasteiger partial charge in [0.2, 0.25) is 0 Å². The van der Waals surface area contributed by atoms with Gasteiger partial charge in [-0.25, -0.2) is 6.07 Å². The first-order chi connectivity index (χ1) is 6.27. The molecule has 0 aliphatic carbocycles. The van der Waals surface area contributed by atoms with Crippen molar-refractivity contribution in [3.8, 4) is 0 Å². The van der Waals surface area contributed by atoms with Crippen molar-refractivity contribution in [3.05, 3.63) is 30.4 Å². The number of fused-ring (bicyclic) bond motifs is 1. The molecule has 0 aliphatic heterocycles. The van der Waals surface area contributed by atoms with Crippen molar-refractivity contribution in [1.29, 1.82) is 0 Å². The quantitative estimate of drug-likeness (QED) is 0.518. The van der Waals surface area contributed by atoms with Crippen molar-refractivity contribution in [2.45, 2.75) is 19.8 Å². The summed E-state index contributed by atoms with van der Waals surface area (Å²) < 4.78 is 0. The summed E-state index contributed by atoms with van der Waals surface area (Å²) in [7, 11) is 0. The summed E-state index contributed by atoms with van der Waals surface area (Å²) in [6, 6.07) is 4.92. The van der Waals surface area contributed by atoms with Crippen molar-refractivity contribution < 1.29 is 78.6 Å². The molecule has 0 amide bonds. The molecule has 0 fully saturated rings. The van der Waals surface area contributed by atoms with E-state index in [0.717, 1.165) is 16.7 Å². The van der Waals surface area contributed by atoms with E-state index in [1.807, 2.05) is 6.07 Å². The number of nitrogens with zero attached hydrogens (tertiary/aromatic N) is 3. The van der Waals surface area contributed by atoms with Crippen LogP contribution in [-0.2, 0) is 20.4 Å². The minimum absolute atomic E-state index is 0. The fourth-order valence-electron chi connectivity index (χ4n) is 1.08. The van der Waals surface area contributed by atoms with E-state index >= 15 is 0 Å². The van der Waals surface area contributed by atoms with Crippen LogP contribution < -0.4 is 58.2 Å². The molecule has 0 saturated heterocycles. The molecule has 0 saturated carbocycles. The second-order valence-electron chi connectivity index (χ2n) is 3.18. The molecule has 3 nitrogen and oxygen atoms in total. The van der Waals surface area contributed by atoms with Crippen molar-refractivity contribution >= 4 is 11.0 Å². The molecule has 5 heteroatoms. The Morgan fingerprint density at radius 2 is 2.07 bits per heavy atom. The van der Waals surface area contributed by atoms with Crippen molar-refractivity contribution in [3.63, 3.8) is 0 Å². The topological polar surface area (TPSA) is 38.7 Å². The van der Waals surface area contributed by atoms with Crippen LogP contribution in [0.1, 0.15) is 25.5 Å². The number of hydrogen-bond acceptors (Lipinski definition) is 3. The molecule has 0 aliphatic rings. The summed E-state index contributed by atoms with van der Waals surface area (Å²) in [5.41, 5.74) is 2.52. The third kappa shape index (κ3) is 4.03. The molecule has 0 spiro atoms. The first-order valence-electron chi connectivity index (χ1n) is 4.19. The van der Waals surface area contributed by atoms with E-state index in [0.29, 0.717) is 5.92 Å². The van der Waals surface area contributed by atoms with E-state index in [1.165, 1.54) is 0 Å². The maximum Gasteiger partial charge on any atom is 1.00 e. The Balaban J connectivity index is 0.000000980. The van der Waals surface area contributed by atoms with Gasteiger partial charge in [-0.2, -0.15) is 6.07 Å². The molecule has 0 bridgehead atoms. The zero-order valence-corrected chi connectivity index (χ0v) is 16.6. The van der Waals surface area contributed by atoms with Crippen LogP contribution in [0.4, 0.5) is 0 Å². The Morgan fingerprint density at radius 1 is 1.33 bits per heavy atom. The second-order valence-corrected chi connectivity index (χ2v) is 3.18. The van der Waals surface area contributed by atoms with Gasteiger partial charge in [0, 0.05) is 26.8 Å². The number of pyridine rings is 1.